The summed E-state index contributed by atoms with van der Waals surface area (Å²) in [6.07, 6.45) is 1.76. The molecule has 0 fully saturated rings. The van der Waals surface area contributed by atoms with Crippen molar-refractivity contribution >= 4 is 11.3 Å². The molecule has 0 saturated heterocycles. The first-order chi connectivity index (χ1) is 8.24. The van der Waals surface area contributed by atoms with E-state index in [4.69, 9.17) is 5.73 Å². The fraction of sp³-hybridized carbons (Fsp3) is 0. The molecule has 0 bridgehead atoms. The lowest BCUT2D eigenvalue weighted by Crippen LogP contribution is -1.92. The molecule has 0 aliphatic carbocycles. The van der Waals surface area contributed by atoms with Gasteiger partial charge in [0.05, 0.1) is 0 Å². The molecule has 3 rings (SSSR count). The molecular weight excluding hydrogens is 216 g/mol. The smallest absolute Gasteiger partial charge is 0.168 e. The molecule has 0 radical (unpaired) electrons. The van der Waals surface area contributed by atoms with E-state index in [1.165, 1.54) is 0 Å². The summed E-state index contributed by atoms with van der Waals surface area (Å²) in [7, 11) is 0. The van der Waals surface area contributed by atoms with Gasteiger partial charge in [0.1, 0.15) is 5.75 Å². The summed E-state index contributed by atoms with van der Waals surface area (Å²) in [6.45, 7) is 0. The van der Waals surface area contributed by atoms with E-state index < -0.39 is 0 Å². The Morgan fingerprint density at radius 2 is 2.00 bits per heavy atom. The molecule has 0 aliphatic heterocycles. The zero-order valence-electron chi connectivity index (χ0n) is 8.91. The van der Waals surface area contributed by atoms with Crippen LogP contribution in [0.4, 0.5) is 5.69 Å². The van der Waals surface area contributed by atoms with E-state index in [2.05, 4.69) is 10.2 Å². The second-order valence-corrected chi connectivity index (χ2v) is 3.76. The fourth-order valence-electron chi connectivity index (χ4n) is 1.75. The maximum atomic E-state index is 9.46. The molecule has 0 saturated carbocycles. The van der Waals surface area contributed by atoms with Gasteiger partial charge in [0.2, 0.25) is 0 Å². The zero-order chi connectivity index (χ0) is 11.8. The number of pyridine rings is 1. The number of fused-ring (bicyclic) bond motifs is 1. The lowest BCUT2D eigenvalue weighted by atomic mass is 10.2. The number of aromatic nitrogens is 3. The summed E-state index contributed by atoms with van der Waals surface area (Å²) in [6, 6.07) is 10.4. The normalized spacial score (nSPS) is 10.8. The largest absolute Gasteiger partial charge is 0.508 e. The van der Waals surface area contributed by atoms with Gasteiger partial charge in [-0.2, -0.15) is 0 Å². The van der Waals surface area contributed by atoms with Gasteiger partial charge in [-0.25, -0.2) is 0 Å². The lowest BCUT2D eigenvalue weighted by molar-refractivity contribution is 0.475. The SMILES string of the molecule is Nc1ccc2nnc(-c3cccc(O)c3)n2c1. The predicted molar refractivity (Wildman–Crippen MR) is 64.5 cm³/mol. The van der Waals surface area contributed by atoms with Crippen LogP contribution >= 0.6 is 0 Å². The molecule has 5 nitrogen and oxygen atoms in total. The fourth-order valence-corrected chi connectivity index (χ4v) is 1.75. The first kappa shape index (κ1) is 9.65. The maximum Gasteiger partial charge on any atom is 0.168 e. The van der Waals surface area contributed by atoms with Crippen LogP contribution in [0, 0.1) is 0 Å². The predicted octanol–water partition coefficient (Wildman–Crippen LogP) is 1.68. The number of nitrogens with zero attached hydrogens (tertiary/aromatic N) is 3. The van der Waals surface area contributed by atoms with Crippen molar-refractivity contribution < 1.29 is 5.11 Å². The van der Waals surface area contributed by atoms with Crippen LogP contribution < -0.4 is 5.73 Å². The molecular formula is C12H10N4O. The van der Waals surface area contributed by atoms with Gasteiger partial charge in [-0.3, -0.25) is 4.40 Å². The minimum atomic E-state index is 0.197. The van der Waals surface area contributed by atoms with Crippen LogP contribution in [0.2, 0.25) is 0 Å². The van der Waals surface area contributed by atoms with Crippen molar-refractivity contribution in [3.05, 3.63) is 42.6 Å². The van der Waals surface area contributed by atoms with Crippen molar-refractivity contribution in [3.63, 3.8) is 0 Å². The highest BCUT2D eigenvalue weighted by Crippen LogP contribution is 2.22. The van der Waals surface area contributed by atoms with E-state index in [0.717, 1.165) is 11.2 Å². The molecule has 0 unspecified atom stereocenters. The highest BCUT2D eigenvalue weighted by Gasteiger charge is 2.08. The van der Waals surface area contributed by atoms with E-state index in [9.17, 15) is 5.11 Å². The number of aromatic hydroxyl groups is 1. The van der Waals surface area contributed by atoms with E-state index >= 15 is 0 Å². The van der Waals surface area contributed by atoms with Gasteiger partial charge < -0.3 is 10.8 Å². The third-order valence-electron chi connectivity index (χ3n) is 2.53. The van der Waals surface area contributed by atoms with Crippen LogP contribution in [0.5, 0.6) is 5.75 Å². The van der Waals surface area contributed by atoms with Crippen molar-refractivity contribution in [2.24, 2.45) is 0 Å². The highest BCUT2D eigenvalue weighted by molar-refractivity contribution is 5.62. The van der Waals surface area contributed by atoms with Gasteiger partial charge >= 0.3 is 0 Å². The minimum absolute atomic E-state index is 0.197. The Hall–Kier alpha value is -2.56. The maximum absolute atomic E-state index is 9.46. The molecule has 3 aromatic rings. The monoisotopic (exact) mass is 226 g/mol. The number of phenolic OH excluding ortho intramolecular Hbond substituents is 1. The Bertz CT molecular complexity index is 690. The Morgan fingerprint density at radius 3 is 2.82 bits per heavy atom. The van der Waals surface area contributed by atoms with Crippen LogP contribution in [0.3, 0.4) is 0 Å². The first-order valence-electron chi connectivity index (χ1n) is 5.14. The number of phenols is 1. The number of anilines is 1. The topological polar surface area (TPSA) is 76.4 Å². The lowest BCUT2D eigenvalue weighted by Gasteiger charge is -2.01. The van der Waals surface area contributed by atoms with Crippen LogP contribution in [-0.2, 0) is 0 Å². The molecule has 5 heteroatoms. The van der Waals surface area contributed by atoms with Gasteiger partial charge in [0.25, 0.3) is 0 Å². The number of hydrogen-bond donors (Lipinski definition) is 2. The zero-order valence-corrected chi connectivity index (χ0v) is 8.91. The summed E-state index contributed by atoms with van der Waals surface area (Å²) in [5.41, 5.74) is 7.89. The Balaban J connectivity index is 2.27. The molecule has 2 heterocycles. The molecule has 17 heavy (non-hydrogen) atoms. The number of benzene rings is 1. The number of nitrogens with two attached hydrogens (primary N) is 1. The summed E-state index contributed by atoms with van der Waals surface area (Å²) in [5.74, 6) is 0.853. The molecule has 0 amide bonds. The van der Waals surface area contributed by atoms with Crippen molar-refractivity contribution in [1.29, 1.82) is 0 Å². The van der Waals surface area contributed by atoms with E-state index in [-0.39, 0.29) is 5.75 Å². The van der Waals surface area contributed by atoms with Gasteiger partial charge in [0, 0.05) is 17.4 Å². The number of nitrogen functional groups attached to an aromatic ring is 1. The van der Waals surface area contributed by atoms with Crippen LogP contribution in [0.15, 0.2) is 42.6 Å². The average Bonchev–Trinajstić information content (AvgIpc) is 2.71. The van der Waals surface area contributed by atoms with Crippen molar-refractivity contribution in [2.75, 3.05) is 5.73 Å². The van der Waals surface area contributed by atoms with Crippen molar-refractivity contribution in [1.82, 2.24) is 14.6 Å². The van der Waals surface area contributed by atoms with Gasteiger partial charge in [-0.1, -0.05) is 12.1 Å². The first-order valence-corrected chi connectivity index (χ1v) is 5.14. The molecule has 2 aromatic heterocycles. The van der Waals surface area contributed by atoms with Gasteiger partial charge in [-0.15, -0.1) is 10.2 Å². The molecule has 0 aliphatic rings. The summed E-state index contributed by atoms with van der Waals surface area (Å²) in [4.78, 5) is 0. The van der Waals surface area contributed by atoms with E-state index in [1.807, 2.05) is 6.07 Å². The second kappa shape index (κ2) is 3.48. The molecule has 84 valence electrons. The average molecular weight is 226 g/mol. The number of hydrogen-bond acceptors (Lipinski definition) is 4. The van der Waals surface area contributed by atoms with Gasteiger partial charge in [-0.05, 0) is 24.3 Å². The highest BCUT2D eigenvalue weighted by atomic mass is 16.3. The van der Waals surface area contributed by atoms with Crippen LogP contribution in [0.25, 0.3) is 17.0 Å². The summed E-state index contributed by atoms with van der Waals surface area (Å²) in [5, 5.41) is 17.6. The third-order valence-corrected chi connectivity index (χ3v) is 2.53. The van der Waals surface area contributed by atoms with E-state index in [1.54, 1.807) is 40.9 Å². The molecule has 0 spiro atoms. The third kappa shape index (κ3) is 1.57. The second-order valence-electron chi connectivity index (χ2n) is 3.76. The standard InChI is InChI=1S/C12H10N4O/c13-9-4-5-11-14-15-12(16(11)7-9)8-2-1-3-10(17)6-8/h1-7,17H,13H2. The minimum Gasteiger partial charge on any atom is -0.508 e. The molecule has 0 atom stereocenters. The van der Waals surface area contributed by atoms with Crippen LogP contribution in [-0.4, -0.2) is 19.7 Å². The molecule has 1 aromatic carbocycles. The Morgan fingerprint density at radius 1 is 1.12 bits per heavy atom. The quantitative estimate of drug-likeness (QED) is 0.662. The number of rotatable bonds is 1. The van der Waals surface area contributed by atoms with Crippen LogP contribution in [0.1, 0.15) is 0 Å². The van der Waals surface area contributed by atoms with Gasteiger partial charge in [0.15, 0.2) is 11.5 Å². The summed E-state index contributed by atoms with van der Waals surface area (Å²) < 4.78 is 1.80. The van der Waals surface area contributed by atoms with Crippen molar-refractivity contribution in [3.8, 4) is 17.1 Å². The Kier molecular flexibility index (Phi) is 1.98. The molecule has 3 N–H and O–H groups in total. The Labute approximate surface area is 97.1 Å². The van der Waals surface area contributed by atoms with E-state index in [0.29, 0.717) is 11.5 Å². The van der Waals surface area contributed by atoms with Crippen molar-refractivity contribution in [2.45, 2.75) is 0 Å². The summed E-state index contributed by atoms with van der Waals surface area (Å²) >= 11 is 0.